The average molecular weight is 355 g/mol. The highest BCUT2D eigenvalue weighted by atomic mass is 15.1. The fourth-order valence-electron chi connectivity index (χ4n) is 4.03. The summed E-state index contributed by atoms with van der Waals surface area (Å²) < 4.78 is 2.08. The normalized spacial score (nSPS) is 13.7. The summed E-state index contributed by atoms with van der Waals surface area (Å²) in [6.45, 7) is 2.80. The van der Waals surface area contributed by atoms with Gasteiger partial charge in [-0.3, -0.25) is 4.98 Å². The summed E-state index contributed by atoms with van der Waals surface area (Å²) in [5.74, 6) is 0. The lowest BCUT2D eigenvalue weighted by Crippen LogP contribution is -2.08. The number of imidazole rings is 1. The van der Waals surface area contributed by atoms with Crippen LogP contribution in [0.5, 0.6) is 0 Å². The Kier molecular flexibility index (Phi) is 3.93. The molecular formula is C22H21N5. The highest BCUT2D eigenvalue weighted by Crippen LogP contribution is 2.32. The van der Waals surface area contributed by atoms with Crippen LogP contribution in [-0.2, 0) is 19.4 Å². The fraction of sp³-hybridized carbons (Fsp3) is 0.273. The number of nitrogens with zero attached hydrogens (tertiary/aromatic N) is 5. The number of hydrogen-bond acceptors (Lipinski definition) is 4. The van der Waals surface area contributed by atoms with Crippen molar-refractivity contribution >= 4 is 11.2 Å². The van der Waals surface area contributed by atoms with Crippen LogP contribution >= 0.6 is 0 Å². The summed E-state index contributed by atoms with van der Waals surface area (Å²) in [6.07, 6.45) is 8.15. The van der Waals surface area contributed by atoms with E-state index in [1.165, 1.54) is 29.5 Å². The van der Waals surface area contributed by atoms with Gasteiger partial charge in [-0.2, -0.15) is 0 Å². The van der Waals surface area contributed by atoms with Gasteiger partial charge in [-0.25, -0.2) is 15.0 Å². The highest BCUT2D eigenvalue weighted by Gasteiger charge is 2.21. The molecule has 5 nitrogen and oxygen atoms in total. The predicted molar refractivity (Wildman–Crippen MR) is 105 cm³/mol. The van der Waals surface area contributed by atoms with Crippen LogP contribution in [0.25, 0.3) is 22.6 Å². The molecule has 0 N–H and O–H groups in total. The molecule has 0 saturated carbocycles. The largest absolute Gasteiger partial charge is 0.311 e. The minimum Gasteiger partial charge on any atom is -0.311 e. The number of aryl methyl sites for hydroxylation is 2. The molecule has 4 aromatic rings. The molecule has 3 heterocycles. The lowest BCUT2D eigenvalue weighted by atomic mass is 9.89. The molecule has 5 heteroatoms. The van der Waals surface area contributed by atoms with E-state index in [0.29, 0.717) is 0 Å². The molecule has 0 bridgehead atoms. The zero-order valence-electron chi connectivity index (χ0n) is 15.4. The monoisotopic (exact) mass is 355 g/mol. The minimum atomic E-state index is 0.743. The van der Waals surface area contributed by atoms with Crippen molar-refractivity contribution in [3.8, 4) is 11.4 Å². The van der Waals surface area contributed by atoms with E-state index in [4.69, 9.17) is 4.98 Å². The number of pyridine rings is 1. The van der Waals surface area contributed by atoms with Crippen LogP contribution in [0.2, 0.25) is 0 Å². The molecule has 1 aliphatic carbocycles. The third-order valence-corrected chi connectivity index (χ3v) is 5.29. The van der Waals surface area contributed by atoms with Gasteiger partial charge < -0.3 is 4.57 Å². The van der Waals surface area contributed by atoms with Crippen molar-refractivity contribution in [2.75, 3.05) is 0 Å². The average Bonchev–Trinajstić information content (AvgIpc) is 3.11. The Hall–Kier alpha value is -3.08. The quantitative estimate of drug-likeness (QED) is 0.555. The number of benzene rings is 1. The van der Waals surface area contributed by atoms with Gasteiger partial charge in [0.05, 0.1) is 18.6 Å². The van der Waals surface area contributed by atoms with Gasteiger partial charge in [-0.1, -0.05) is 30.3 Å². The van der Waals surface area contributed by atoms with Crippen LogP contribution in [0.1, 0.15) is 35.2 Å². The summed E-state index contributed by atoms with van der Waals surface area (Å²) in [5.41, 5.74) is 8.56. The number of fused-ring (bicyclic) bond motifs is 2. The van der Waals surface area contributed by atoms with E-state index in [9.17, 15) is 0 Å². The summed E-state index contributed by atoms with van der Waals surface area (Å²) in [7, 11) is 0. The van der Waals surface area contributed by atoms with Gasteiger partial charge in [0.25, 0.3) is 0 Å². The van der Waals surface area contributed by atoms with Crippen molar-refractivity contribution in [1.29, 1.82) is 0 Å². The molecule has 0 atom stereocenters. The first-order valence-electron chi connectivity index (χ1n) is 9.49. The first-order chi connectivity index (χ1) is 13.3. The Morgan fingerprint density at radius 2 is 1.81 bits per heavy atom. The van der Waals surface area contributed by atoms with E-state index in [-0.39, 0.29) is 0 Å². The third kappa shape index (κ3) is 2.89. The Morgan fingerprint density at radius 1 is 0.963 bits per heavy atom. The Labute approximate surface area is 158 Å². The van der Waals surface area contributed by atoms with E-state index >= 15 is 0 Å². The van der Waals surface area contributed by atoms with Crippen LogP contribution < -0.4 is 0 Å². The maximum absolute atomic E-state index is 4.86. The van der Waals surface area contributed by atoms with Crippen molar-refractivity contribution in [3.05, 3.63) is 71.4 Å². The minimum absolute atomic E-state index is 0.743. The van der Waals surface area contributed by atoms with Gasteiger partial charge in [0.1, 0.15) is 17.5 Å². The smallest absolute Gasteiger partial charge is 0.164 e. The third-order valence-electron chi connectivity index (χ3n) is 5.29. The number of hydrogen-bond donors (Lipinski definition) is 0. The molecule has 0 saturated heterocycles. The van der Waals surface area contributed by atoms with Crippen LogP contribution in [-0.4, -0.2) is 24.5 Å². The Bertz CT molecular complexity index is 1110. The maximum atomic E-state index is 4.86. The predicted octanol–water partition coefficient (Wildman–Crippen LogP) is 4.12. The lowest BCUT2D eigenvalue weighted by molar-refractivity contribution is 0.682. The number of rotatable bonds is 3. The zero-order valence-corrected chi connectivity index (χ0v) is 15.4. The molecule has 0 amide bonds. The van der Waals surface area contributed by atoms with Crippen molar-refractivity contribution in [2.45, 2.75) is 39.2 Å². The SMILES string of the molecule is Cc1cc2c(c(-c3ncnc4c3ncn4Cc3ccccc3)n1)CCCC2. The van der Waals surface area contributed by atoms with E-state index in [2.05, 4.69) is 56.8 Å². The van der Waals surface area contributed by atoms with E-state index in [1.54, 1.807) is 6.33 Å². The first kappa shape index (κ1) is 16.1. The Balaban J connectivity index is 1.65. The maximum Gasteiger partial charge on any atom is 0.164 e. The molecule has 1 aliphatic rings. The van der Waals surface area contributed by atoms with E-state index in [0.717, 1.165) is 47.6 Å². The second-order valence-electron chi connectivity index (χ2n) is 7.21. The standard InChI is InChI=1S/C22H21N5/c1-15-11-17-9-5-6-10-18(17)19(26-15)20-21-22(24-13-23-20)27(14-25-21)12-16-7-3-2-4-8-16/h2-4,7-8,11,13-14H,5-6,9-10,12H2,1H3. The fourth-order valence-corrected chi connectivity index (χ4v) is 4.03. The first-order valence-corrected chi connectivity index (χ1v) is 9.49. The van der Waals surface area contributed by atoms with Crippen LogP contribution in [0, 0.1) is 6.92 Å². The zero-order chi connectivity index (χ0) is 18.2. The molecule has 1 aromatic carbocycles. The molecule has 3 aromatic heterocycles. The molecule has 0 fully saturated rings. The molecule has 134 valence electrons. The van der Waals surface area contributed by atoms with Crippen molar-refractivity contribution in [3.63, 3.8) is 0 Å². The lowest BCUT2D eigenvalue weighted by Gasteiger charge is -2.19. The summed E-state index contributed by atoms with van der Waals surface area (Å²) in [5, 5.41) is 0. The second kappa shape index (κ2) is 6.58. The van der Waals surface area contributed by atoms with Crippen molar-refractivity contribution in [2.24, 2.45) is 0 Å². The van der Waals surface area contributed by atoms with Gasteiger partial charge in [-0.15, -0.1) is 0 Å². The van der Waals surface area contributed by atoms with E-state index < -0.39 is 0 Å². The molecule has 0 unspecified atom stereocenters. The highest BCUT2D eigenvalue weighted by molar-refractivity contribution is 5.87. The summed E-state index contributed by atoms with van der Waals surface area (Å²) in [4.78, 5) is 18.6. The number of aromatic nitrogens is 5. The van der Waals surface area contributed by atoms with Gasteiger partial charge in [0, 0.05) is 5.69 Å². The van der Waals surface area contributed by atoms with Crippen LogP contribution in [0.3, 0.4) is 0 Å². The summed E-state index contributed by atoms with van der Waals surface area (Å²) in [6, 6.07) is 12.6. The van der Waals surface area contributed by atoms with Gasteiger partial charge in [0.2, 0.25) is 0 Å². The topological polar surface area (TPSA) is 56.5 Å². The van der Waals surface area contributed by atoms with Crippen molar-refractivity contribution in [1.82, 2.24) is 24.5 Å². The molecule has 5 rings (SSSR count). The van der Waals surface area contributed by atoms with Crippen LogP contribution in [0.4, 0.5) is 0 Å². The summed E-state index contributed by atoms with van der Waals surface area (Å²) >= 11 is 0. The second-order valence-corrected chi connectivity index (χ2v) is 7.21. The van der Waals surface area contributed by atoms with Gasteiger partial charge in [-0.05, 0) is 55.4 Å². The molecular weight excluding hydrogens is 334 g/mol. The molecule has 0 radical (unpaired) electrons. The molecule has 0 aliphatic heterocycles. The molecule has 0 spiro atoms. The van der Waals surface area contributed by atoms with E-state index in [1.807, 2.05) is 12.4 Å². The van der Waals surface area contributed by atoms with Crippen molar-refractivity contribution < 1.29 is 0 Å². The van der Waals surface area contributed by atoms with Crippen LogP contribution in [0.15, 0.2) is 49.1 Å². The van der Waals surface area contributed by atoms with Gasteiger partial charge in [0.15, 0.2) is 5.65 Å². The van der Waals surface area contributed by atoms with Gasteiger partial charge >= 0.3 is 0 Å². The molecule has 27 heavy (non-hydrogen) atoms. The Morgan fingerprint density at radius 3 is 2.70 bits per heavy atom.